The Morgan fingerprint density at radius 1 is 1.16 bits per heavy atom. The average Bonchev–Trinajstić information content (AvgIpc) is 2.67. The fourth-order valence-corrected chi connectivity index (χ4v) is 2.83. The number of benzene rings is 2. The molecule has 0 aliphatic rings. The molecule has 0 unspecified atom stereocenters. The SMILES string of the molecule is CCNc1nc(Nc2cc(Cl)ccc2[N+](=O)[O-])cc(-c2cccc(OC(F)(F)F)c2)n1. The number of anilines is 3. The summed E-state index contributed by atoms with van der Waals surface area (Å²) in [5.41, 5.74) is 0.464. The van der Waals surface area contributed by atoms with Gasteiger partial charge in [-0.2, -0.15) is 4.98 Å². The van der Waals surface area contributed by atoms with Crippen molar-refractivity contribution < 1.29 is 22.8 Å². The lowest BCUT2D eigenvalue weighted by Gasteiger charge is -2.13. The minimum absolute atomic E-state index is 0.0961. The van der Waals surface area contributed by atoms with E-state index in [1.165, 1.54) is 36.4 Å². The number of nitrogens with one attached hydrogen (secondary N) is 2. The molecule has 1 aromatic heterocycles. The minimum Gasteiger partial charge on any atom is -0.406 e. The number of nitro benzene ring substituents is 1. The quantitative estimate of drug-likeness (QED) is 0.345. The molecule has 0 aliphatic carbocycles. The third-order valence-electron chi connectivity index (χ3n) is 3.84. The van der Waals surface area contributed by atoms with Gasteiger partial charge in [0.25, 0.3) is 5.69 Å². The van der Waals surface area contributed by atoms with Crippen molar-refractivity contribution in [2.24, 2.45) is 0 Å². The van der Waals surface area contributed by atoms with Crippen LogP contribution in [0.1, 0.15) is 6.92 Å². The van der Waals surface area contributed by atoms with E-state index in [4.69, 9.17) is 11.6 Å². The number of ether oxygens (including phenoxy) is 1. The number of halogens is 4. The van der Waals surface area contributed by atoms with Crippen LogP contribution in [0.5, 0.6) is 5.75 Å². The van der Waals surface area contributed by atoms with E-state index in [1.54, 1.807) is 6.07 Å². The van der Waals surface area contributed by atoms with Crippen LogP contribution >= 0.6 is 11.6 Å². The van der Waals surface area contributed by atoms with Gasteiger partial charge < -0.3 is 15.4 Å². The zero-order chi connectivity index (χ0) is 22.6. The molecule has 0 amide bonds. The first-order valence-electron chi connectivity index (χ1n) is 8.84. The molecule has 0 aliphatic heterocycles. The molecule has 0 radical (unpaired) electrons. The van der Waals surface area contributed by atoms with Crippen LogP contribution in [0.2, 0.25) is 5.02 Å². The highest BCUT2D eigenvalue weighted by Crippen LogP contribution is 2.32. The summed E-state index contributed by atoms with van der Waals surface area (Å²) in [7, 11) is 0. The molecule has 8 nitrogen and oxygen atoms in total. The van der Waals surface area contributed by atoms with Crippen molar-refractivity contribution in [1.82, 2.24) is 9.97 Å². The van der Waals surface area contributed by atoms with Gasteiger partial charge in [0.2, 0.25) is 5.95 Å². The fraction of sp³-hybridized carbons (Fsp3) is 0.158. The van der Waals surface area contributed by atoms with E-state index >= 15 is 0 Å². The Bertz CT molecular complexity index is 1110. The predicted molar refractivity (Wildman–Crippen MR) is 110 cm³/mol. The highest BCUT2D eigenvalue weighted by atomic mass is 35.5. The molecule has 3 aromatic rings. The minimum atomic E-state index is -4.84. The predicted octanol–water partition coefficient (Wildman–Crippen LogP) is 5.78. The lowest BCUT2D eigenvalue weighted by atomic mass is 10.1. The lowest BCUT2D eigenvalue weighted by molar-refractivity contribution is -0.383. The first kappa shape index (κ1) is 22.1. The van der Waals surface area contributed by atoms with Crippen molar-refractivity contribution in [3.8, 4) is 17.0 Å². The molecular weight excluding hydrogens is 439 g/mol. The van der Waals surface area contributed by atoms with Gasteiger partial charge in [-0.1, -0.05) is 23.7 Å². The van der Waals surface area contributed by atoms with Gasteiger partial charge in [0, 0.05) is 29.3 Å². The average molecular weight is 454 g/mol. The van der Waals surface area contributed by atoms with Crippen molar-refractivity contribution in [3.63, 3.8) is 0 Å². The van der Waals surface area contributed by atoms with Crippen molar-refractivity contribution in [2.45, 2.75) is 13.3 Å². The second-order valence-corrected chi connectivity index (χ2v) is 6.55. The molecule has 12 heteroatoms. The molecule has 2 aromatic carbocycles. The van der Waals surface area contributed by atoms with E-state index in [-0.39, 0.29) is 33.9 Å². The third kappa shape index (κ3) is 5.95. The monoisotopic (exact) mass is 453 g/mol. The second kappa shape index (κ2) is 9.04. The Morgan fingerprint density at radius 3 is 2.61 bits per heavy atom. The smallest absolute Gasteiger partial charge is 0.406 e. The Labute approximate surface area is 179 Å². The summed E-state index contributed by atoms with van der Waals surface area (Å²) in [5, 5.41) is 17.3. The molecule has 0 bridgehead atoms. The van der Waals surface area contributed by atoms with E-state index in [2.05, 4.69) is 25.3 Å². The highest BCUT2D eigenvalue weighted by molar-refractivity contribution is 6.31. The van der Waals surface area contributed by atoms with Gasteiger partial charge in [-0.05, 0) is 31.2 Å². The maximum Gasteiger partial charge on any atom is 0.573 e. The van der Waals surface area contributed by atoms with Crippen molar-refractivity contribution >= 4 is 34.7 Å². The van der Waals surface area contributed by atoms with Crippen molar-refractivity contribution in [1.29, 1.82) is 0 Å². The van der Waals surface area contributed by atoms with Crippen LogP contribution in [0.3, 0.4) is 0 Å². The standard InChI is InChI=1S/C19H15ClF3N5O3/c1-2-24-18-26-14(11-4-3-5-13(8-11)31-19(21,22)23)10-17(27-18)25-15-9-12(20)6-7-16(15)28(29)30/h3-10H,2H2,1H3,(H2,24,25,26,27). The number of aromatic nitrogens is 2. The van der Waals surface area contributed by atoms with E-state index in [1.807, 2.05) is 6.92 Å². The van der Waals surface area contributed by atoms with Crippen LogP contribution in [-0.4, -0.2) is 27.8 Å². The fourth-order valence-electron chi connectivity index (χ4n) is 2.65. The number of hydrogen-bond donors (Lipinski definition) is 2. The van der Waals surface area contributed by atoms with Gasteiger partial charge in [0.1, 0.15) is 17.3 Å². The molecule has 162 valence electrons. The second-order valence-electron chi connectivity index (χ2n) is 6.11. The summed E-state index contributed by atoms with van der Waals surface area (Å²) in [6, 6.07) is 10.7. The zero-order valence-corrected chi connectivity index (χ0v) is 16.7. The Balaban J connectivity index is 2.02. The lowest BCUT2D eigenvalue weighted by Crippen LogP contribution is -2.17. The van der Waals surface area contributed by atoms with Gasteiger partial charge in [-0.25, -0.2) is 4.98 Å². The van der Waals surface area contributed by atoms with Gasteiger partial charge in [-0.15, -0.1) is 13.2 Å². The third-order valence-corrected chi connectivity index (χ3v) is 4.08. The van der Waals surface area contributed by atoms with Crippen LogP contribution in [0, 0.1) is 10.1 Å². The van der Waals surface area contributed by atoms with E-state index in [0.29, 0.717) is 12.1 Å². The van der Waals surface area contributed by atoms with Crippen molar-refractivity contribution in [2.75, 3.05) is 17.2 Å². The molecule has 0 atom stereocenters. The van der Waals surface area contributed by atoms with Gasteiger partial charge >= 0.3 is 6.36 Å². The summed E-state index contributed by atoms with van der Waals surface area (Å²) < 4.78 is 41.6. The Kier molecular flexibility index (Phi) is 6.44. The van der Waals surface area contributed by atoms with Crippen LogP contribution < -0.4 is 15.4 Å². The van der Waals surface area contributed by atoms with Crippen molar-refractivity contribution in [3.05, 3.63) is 63.7 Å². The molecule has 0 saturated carbocycles. The van der Waals surface area contributed by atoms with E-state index in [9.17, 15) is 23.3 Å². The first-order chi connectivity index (χ1) is 14.6. The van der Waals surface area contributed by atoms with E-state index < -0.39 is 17.0 Å². The number of alkyl halides is 3. The van der Waals surface area contributed by atoms with Crippen LogP contribution in [0.25, 0.3) is 11.3 Å². The number of nitro groups is 1. The normalized spacial score (nSPS) is 11.1. The maximum absolute atomic E-state index is 12.5. The topological polar surface area (TPSA) is 102 Å². The first-order valence-corrected chi connectivity index (χ1v) is 9.22. The summed E-state index contributed by atoms with van der Waals surface area (Å²) >= 11 is 5.95. The summed E-state index contributed by atoms with van der Waals surface area (Å²) in [6.45, 7) is 2.28. The van der Waals surface area contributed by atoms with Crippen LogP contribution in [0.15, 0.2) is 48.5 Å². The summed E-state index contributed by atoms with van der Waals surface area (Å²) in [6.07, 6.45) is -4.84. The molecule has 0 spiro atoms. The molecule has 31 heavy (non-hydrogen) atoms. The number of rotatable bonds is 7. The van der Waals surface area contributed by atoms with E-state index in [0.717, 1.165) is 6.07 Å². The molecular formula is C19H15ClF3N5O3. The largest absolute Gasteiger partial charge is 0.573 e. The summed E-state index contributed by atoms with van der Waals surface area (Å²) in [5.74, 6) is -0.0589. The highest BCUT2D eigenvalue weighted by Gasteiger charge is 2.31. The molecule has 2 N–H and O–H groups in total. The molecule has 1 heterocycles. The molecule has 0 saturated heterocycles. The van der Waals surface area contributed by atoms with Gasteiger partial charge in [0.15, 0.2) is 0 Å². The maximum atomic E-state index is 12.5. The number of hydrogen-bond acceptors (Lipinski definition) is 7. The summed E-state index contributed by atoms with van der Waals surface area (Å²) in [4.78, 5) is 19.3. The molecule has 3 rings (SSSR count). The van der Waals surface area contributed by atoms with Crippen LogP contribution in [0.4, 0.5) is 36.3 Å². The van der Waals surface area contributed by atoms with Crippen LogP contribution in [-0.2, 0) is 0 Å². The Morgan fingerprint density at radius 2 is 1.94 bits per heavy atom. The van der Waals surface area contributed by atoms with Gasteiger partial charge in [0.05, 0.1) is 10.6 Å². The number of nitrogens with zero attached hydrogens (tertiary/aromatic N) is 3. The zero-order valence-electron chi connectivity index (χ0n) is 15.9. The Hall–Kier alpha value is -3.60. The van der Waals surface area contributed by atoms with Gasteiger partial charge in [-0.3, -0.25) is 10.1 Å². The molecule has 0 fully saturated rings.